The number of hydrogen-bond donors (Lipinski definition) is 3. The van der Waals surface area contributed by atoms with E-state index in [0.29, 0.717) is 25.9 Å². The van der Waals surface area contributed by atoms with Gasteiger partial charge in [-0.05, 0) is 83.5 Å². The smallest absolute Gasteiger partial charge is 0.305 e. The van der Waals surface area contributed by atoms with Gasteiger partial charge < -0.3 is 20.3 Å². The van der Waals surface area contributed by atoms with Gasteiger partial charge in [0.1, 0.15) is 0 Å². The van der Waals surface area contributed by atoms with Gasteiger partial charge in [-0.3, -0.25) is 9.59 Å². The average Bonchev–Trinajstić information content (AvgIpc) is 3.45. The standard InChI is InChI=1S/C73H139NO5/c1-3-5-7-9-11-13-15-17-19-35-38-41-45-49-53-57-61-65-71(76)70(69-75)74-72(77)66-62-58-54-50-46-42-39-36-33-31-29-27-25-23-21-20-22-24-26-28-30-32-34-37-40-44-48-52-56-60-64-68-79-73(78)67-63-59-55-51-47-43-18-16-14-12-10-8-6-4-2/h16,18,22,24,28,30,70-71,75-76H,3-15,17,19-21,23,25-27,29,31-69H2,1-2H3,(H,74,77)/b18-16-,24-22-,30-28-. The number of carbonyl (C=O) groups excluding carboxylic acids is 2. The molecule has 0 radical (unpaired) electrons. The van der Waals surface area contributed by atoms with Gasteiger partial charge in [0.05, 0.1) is 25.4 Å². The number of nitrogens with one attached hydrogen (secondary N) is 1. The molecule has 0 aromatic heterocycles. The SMILES string of the molecule is CCCCCCC/C=C\CCCCCCCC(=O)OCCCCCCCCCCC/C=C\C/C=C\CCCCCCCCCCCCCCCCCC(=O)NC(CO)C(O)CCCCCCCCCCCCCCCCCCC. The van der Waals surface area contributed by atoms with E-state index in [0.717, 1.165) is 51.4 Å². The second-order valence-electron chi connectivity index (χ2n) is 24.6. The molecule has 79 heavy (non-hydrogen) atoms. The third-order valence-corrected chi connectivity index (χ3v) is 16.7. The molecule has 6 nitrogen and oxygen atoms in total. The minimum Gasteiger partial charge on any atom is -0.466 e. The van der Waals surface area contributed by atoms with Crippen molar-refractivity contribution in [3.8, 4) is 0 Å². The van der Waals surface area contributed by atoms with Gasteiger partial charge in [0, 0.05) is 12.8 Å². The van der Waals surface area contributed by atoms with E-state index in [1.807, 2.05) is 0 Å². The number of carbonyl (C=O) groups is 2. The van der Waals surface area contributed by atoms with Crippen LogP contribution in [0, 0.1) is 0 Å². The first kappa shape index (κ1) is 77.1. The summed E-state index contributed by atoms with van der Waals surface area (Å²) in [7, 11) is 0. The summed E-state index contributed by atoms with van der Waals surface area (Å²) in [6.45, 7) is 4.97. The number of aliphatic hydroxyl groups excluding tert-OH is 2. The number of aliphatic hydroxyl groups is 2. The predicted octanol–water partition coefficient (Wildman–Crippen LogP) is 23.1. The highest BCUT2D eigenvalue weighted by Gasteiger charge is 2.20. The maximum Gasteiger partial charge on any atom is 0.305 e. The molecule has 0 fully saturated rings. The fourth-order valence-electron chi connectivity index (χ4n) is 11.2. The Balaban J connectivity index is 3.39. The van der Waals surface area contributed by atoms with Crippen LogP contribution >= 0.6 is 0 Å². The summed E-state index contributed by atoms with van der Waals surface area (Å²) in [6, 6.07) is -0.541. The quantitative estimate of drug-likeness (QED) is 0.0320. The fraction of sp³-hybridized carbons (Fsp3) is 0.890. The number of hydrogen-bond acceptors (Lipinski definition) is 5. The first-order chi connectivity index (χ1) is 39.0. The molecule has 0 bridgehead atoms. The second-order valence-corrected chi connectivity index (χ2v) is 24.6. The summed E-state index contributed by atoms with van der Waals surface area (Å²) in [5.74, 6) is -0.0262. The lowest BCUT2D eigenvalue weighted by Gasteiger charge is -2.22. The van der Waals surface area contributed by atoms with Gasteiger partial charge in [0.25, 0.3) is 0 Å². The van der Waals surface area contributed by atoms with Crippen molar-refractivity contribution < 1.29 is 24.5 Å². The van der Waals surface area contributed by atoms with Crippen LogP contribution in [0.25, 0.3) is 0 Å². The van der Waals surface area contributed by atoms with Crippen LogP contribution in [0.2, 0.25) is 0 Å². The Kier molecular flexibility index (Phi) is 66.9. The van der Waals surface area contributed by atoms with E-state index in [-0.39, 0.29) is 18.5 Å². The minimum absolute atomic E-state index is 0.00501. The lowest BCUT2D eigenvalue weighted by atomic mass is 10.0. The van der Waals surface area contributed by atoms with E-state index in [2.05, 4.69) is 55.6 Å². The molecule has 0 rings (SSSR count). The van der Waals surface area contributed by atoms with E-state index in [1.165, 1.54) is 308 Å². The lowest BCUT2D eigenvalue weighted by molar-refractivity contribution is -0.143. The predicted molar refractivity (Wildman–Crippen MR) is 347 cm³/mol. The molecule has 0 saturated heterocycles. The van der Waals surface area contributed by atoms with Crippen LogP contribution in [-0.2, 0) is 14.3 Å². The highest BCUT2D eigenvalue weighted by atomic mass is 16.5. The van der Waals surface area contributed by atoms with E-state index < -0.39 is 12.1 Å². The molecule has 0 aliphatic heterocycles. The van der Waals surface area contributed by atoms with Crippen molar-refractivity contribution in [2.24, 2.45) is 0 Å². The van der Waals surface area contributed by atoms with Crippen molar-refractivity contribution in [2.75, 3.05) is 13.2 Å². The average molecular weight is 1110 g/mol. The van der Waals surface area contributed by atoms with Gasteiger partial charge in [-0.1, -0.05) is 333 Å². The zero-order valence-electron chi connectivity index (χ0n) is 53.4. The topological polar surface area (TPSA) is 95.9 Å². The van der Waals surface area contributed by atoms with Crippen molar-refractivity contribution >= 4 is 11.9 Å². The number of ether oxygens (including phenoxy) is 1. The monoisotopic (exact) mass is 1110 g/mol. The van der Waals surface area contributed by atoms with Gasteiger partial charge >= 0.3 is 5.97 Å². The summed E-state index contributed by atoms with van der Waals surface area (Å²) >= 11 is 0. The van der Waals surface area contributed by atoms with Gasteiger partial charge in [-0.25, -0.2) is 0 Å². The second kappa shape index (κ2) is 68.6. The third-order valence-electron chi connectivity index (χ3n) is 16.7. The molecule has 6 heteroatoms. The molecule has 1 amide bonds. The van der Waals surface area contributed by atoms with Crippen LogP contribution in [-0.4, -0.2) is 47.4 Å². The molecule has 0 saturated carbocycles. The van der Waals surface area contributed by atoms with Crippen molar-refractivity contribution in [1.29, 1.82) is 0 Å². The molecule has 0 aliphatic carbocycles. The maximum absolute atomic E-state index is 12.5. The summed E-state index contributed by atoms with van der Waals surface area (Å²) in [5.41, 5.74) is 0. The molecule has 0 spiro atoms. The Labute approximate surface area is 494 Å². The first-order valence-electron chi connectivity index (χ1n) is 35.7. The zero-order valence-corrected chi connectivity index (χ0v) is 53.4. The van der Waals surface area contributed by atoms with Crippen LogP contribution in [0.5, 0.6) is 0 Å². The molecule has 2 unspecified atom stereocenters. The van der Waals surface area contributed by atoms with Crippen molar-refractivity contribution in [3.63, 3.8) is 0 Å². The molecule has 0 aromatic rings. The molecule has 0 heterocycles. The van der Waals surface area contributed by atoms with Crippen LogP contribution < -0.4 is 5.32 Å². The highest BCUT2D eigenvalue weighted by Crippen LogP contribution is 2.18. The molecule has 2 atom stereocenters. The highest BCUT2D eigenvalue weighted by molar-refractivity contribution is 5.76. The minimum atomic E-state index is -0.664. The molecule has 3 N–H and O–H groups in total. The molecule has 0 aromatic carbocycles. The summed E-state index contributed by atoms with van der Waals surface area (Å²) in [4.78, 5) is 24.6. The normalized spacial score (nSPS) is 12.7. The number of amides is 1. The van der Waals surface area contributed by atoms with E-state index in [4.69, 9.17) is 4.74 Å². The van der Waals surface area contributed by atoms with E-state index >= 15 is 0 Å². The Morgan fingerprint density at radius 3 is 0.975 bits per heavy atom. The lowest BCUT2D eigenvalue weighted by Crippen LogP contribution is -2.45. The fourth-order valence-corrected chi connectivity index (χ4v) is 11.2. The van der Waals surface area contributed by atoms with Crippen molar-refractivity contribution in [3.05, 3.63) is 36.5 Å². The van der Waals surface area contributed by atoms with E-state index in [1.54, 1.807) is 0 Å². The number of rotatable bonds is 67. The number of esters is 1. The number of allylic oxidation sites excluding steroid dienone is 6. The van der Waals surface area contributed by atoms with Crippen LogP contribution in [0.1, 0.15) is 393 Å². The van der Waals surface area contributed by atoms with Gasteiger partial charge in [0.15, 0.2) is 0 Å². The largest absolute Gasteiger partial charge is 0.466 e. The van der Waals surface area contributed by atoms with Gasteiger partial charge in [0.2, 0.25) is 5.91 Å². The number of unbranched alkanes of at least 4 members (excludes halogenated alkanes) is 50. The van der Waals surface area contributed by atoms with Crippen LogP contribution in [0.4, 0.5) is 0 Å². The Morgan fingerprint density at radius 2 is 0.633 bits per heavy atom. The van der Waals surface area contributed by atoms with Gasteiger partial charge in [-0.2, -0.15) is 0 Å². The van der Waals surface area contributed by atoms with Crippen molar-refractivity contribution in [1.82, 2.24) is 5.32 Å². The van der Waals surface area contributed by atoms with Crippen LogP contribution in [0.15, 0.2) is 36.5 Å². The summed E-state index contributed by atoms with van der Waals surface area (Å²) < 4.78 is 5.48. The summed E-state index contributed by atoms with van der Waals surface area (Å²) in [5, 5.41) is 23.4. The molecule has 0 aliphatic rings. The third kappa shape index (κ3) is 65.1. The Hall–Kier alpha value is -1.92. The van der Waals surface area contributed by atoms with Gasteiger partial charge in [-0.15, -0.1) is 0 Å². The Morgan fingerprint density at radius 1 is 0.354 bits per heavy atom. The molecular formula is C73H139NO5. The first-order valence-corrected chi connectivity index (χ1v) is 35.7. The van der Waals surface area contributed by atoms with Crippen LogP contribution in [0.3, 0.4) is 0 Å². The zero-order chi connectivity index (χ0) is 57.1. The molecular weight excluding hydrogens is 971 g/mol. The Bertz CT molecular complexity index is 1280. The molecule has 466 valence electrons. The van der Waals surface area contributed by atoms with Crippen molar-refractivity contribution in [2.45, 2.75) is 405 Å². The summed E-state index contributed by atoms with van der Waals surface area (Å²) in [6.07, 6.45) is 87.7. The maximum atomic E-state index is 12.5. The van der Waals surface area contributed by atoms with E-state index in [9.17, 15) is 19.8 Å².